The number of nitrogens with zero attached hydrogens (tertiary/aromatic N) is 2. The number of benzene rings is 2. The molecule has 0 aliphatic rings. The number of nitrogens with one attached hydrogen (secondary N) is 1. The number of amides is 1. The van der Waals surface area contributed by atoms with Gasteiger partial charge < -0.3 is 10.1 Å². The van der Waals surface area contributed by atoms with E-state index in [0.29, 0.717) is 11.4 Å². The van der Waals surface area contributed by atoms with E-state index in [4.69, 9.17) is 4.74 Å². The van der Waals surface area contributed by atoms with E-state index in [2.05, 4.69) is 10.4 Å². The number of aryl methyl sites for hydroxylation is 1. The van der Waals surface area contributed by atoms with E-state index in [1.165, 1.54) is 6.20 Å². The van der Waals surface area contributed by atoms with Gasteiger partial charge in [0.15, 0.2) is 11.8 Å². The van der Waals surface area contributed by atoms with Gasteiger partial charge in [0, 0.05) is 12.7 Å². The highest BCUT2D eigenvalue weighted by Crippen LogP contribution is 2.27. The second kappa shape index (κ2) is 8.38. The predicted molar refractivity (Wildman–Crippen MR) is 102 cm³/mol. The van der Waals surface area contributed by atoms with Crippen LogP contribution in [0.5, 0.6) is 5.75 Å². The fourth-order valence-electron chi connectivity index (χ4n) is 2.66. The van der Waals surface area contributed by atoms with Crippen LogP contribution in [0.3, 0.4) is 0 Å². The number of ether oxygens (including phenoxy) is 1. The van der Waals surface area contributed by atoms with Crippen molar-refractivity contribution in [2.24, 2.45) is 0 Å². The highest BCUT2D eigenvalue weighted by Gasteiger charge is 2.33. The van der Waals surface area contributed by atoms with Crippen LogP contribution in [0.15, 0.2) is 60.8 Å². The molecule has 0 spiro atoms. The lowest BCUT2D eigenvalue weighted by Gasteiger charge is -2.15. The molecule has 1 N–H and O–H groups in total. The lowest BCUT2D eigenvalue weighted by atomic mass is 10.2. The number of hydrogen-bond acceptors (Lipinski definition) is 3. The molecule has 1 atom stereocenters. The largest absolute Gasteiger partial charge is 0.481 e. The Hall–Kier alpha value is -3.29. The van der Waals surface area contributed by atoms with Gasteiger partial charge in [-0.1, -0.05) is 24.3 Å². The second-order valence-corrected chi connectivity index (χ2v) is 6.60. The molecular formula is C21H20F3N3O2. The monoisotopic (exact) mass is 403 g/mol. The Morgan fingerprint density at radius 2 is 1.90 bits per heavy atom. The van der Waals surface area contributed by atoms with Crippen LogP contribution >= 0.6 is 0 Å². The highest BCUT2D eigenvalue weighted by molar-refractivity contribution is 5.80. The van der Waals surface area contributed by atoms with Crippen LogP contribution in [0.2, 0.25) is 0 Å². The Kier molecular flexibility index (Phi) is 5.91. The molecule has 3 rings (SSSR count). The van der Waals surface area contributed by atoms with Gasteiger partial charge in [0.05, 0.1) is 5.69 Å². The number of carbonyl (C=O) groups excluding carboxylic acids is 1. The third-order valence-electron chi connectivity index (χ3n) is 4.22. The zero-order valence-corrected chi connectivity index (χ0v) is 15.9. The predicted octanol–water partition coefficient (Wildman–Crippen LogP) is 4.28. The van der Waals surface area contributed by atoms with Gasteiger partial charge in [-0.2, -0.15) is 18.3 Å². The SMILES string of the molecule is Cc1cccc(OC(C)C(=O)NCc2ccc(-n3ccc(C(F)(F)F)n3)cc2)c1. The molecule has 5 nitrogen and oxygen atoms in total. The van der Waals surface area contributed by atoms with E-state index in [-0.39, 0.29) is 12.5 Å². The number of hydrogen-bond donors (Lipinski definition) is 1. The molecule has 0 bridgehead atoms. The summed E-state index contributed by atoms with van der Waals surface area (Å²) in [7, 11) is 0. The van der Waals surface area contributed by atoms with Crippen molar-refractivity contribution >= 4 is 5.91 Å². The number of rotatable bonds is 6. The van der Waals surface area contributed by atoms with Gasteiger partial charge in [0.1, 0.15) is 5.75 Å². The fraction of sp³-hybridized carbons (Fsp3) is 0.238. The molecule has 1 amide bonds. The third-order valence-corrected chi connectivity index (χ3v) is 4.22. The third kappa shape index (κ3) is 5.37. The summed E-state index contributed by atoms with van der Waals surface area (Å²) in [5.74, 6) is 0.354. The minimum Gasteiger partial charge on any atom is -0.481 e. The molecule has 2 aromatic carbocycles. The summed E-state index contributed by atoms with van der Waals surface area (Å²) in [5.41, 5.74) is 1.38. The van der Waals surface area contributed by atoms with Gasteiger partial charge in [-0.3, -0.25) is 4.79 Å². The zero-order valence-electron chi connectivity index (χ0n) is 15.9. The number of carbonyl (C=O) groups is 1. The lowest BCUT2D eigenvalue weighted by molar-refractivity contribution is -0.141. The minimum absolute atomic E-state index is 0.266. The van der Waals surface area contributed by atoms with Crippen LogP contribution in [0.1, 0.15) is 23.7 Å². The van der Waals surface area contributed by atoms with Gasteiger partial charge in [-0.25, -0.2) is 4.68 Å². The maximum Gasteiger partial charge on any atom is 0.435 e. The first-order chi connectivity index (χ1) is 13.7. The molecule has 0 aliphatic heterocycles. The Bertz CT molecular complexity index is 981. The van der Waals surface area contributed by atoms with Gasteiger partial charge in [-0.05, 0) is 55.3 Å². The van der Waals surface area contributed by atoms with E-state index in [9.17, 15) is 18.0 Å². The minimum atomic E-state index is -4.48. The van der Waals surface area contributed by atoms with Crippen LogP contribution in [0.25, 0.3) is 5.69 Å². The smallest absolute Gasteiger partial charge is 0.435 e. The summed E-state index contributed by atoms with van der Waals surface area (Å²) in [6.07, 6.45) is -3.89. The summed E-state index contributed by atoms with van der Waals surface area (Å²) in [6, 6.07) is 15.1. The molecule has 152 valence electrons. The van der Waals surface area contributed by atoms with Crippen LogP contribution in [-0.4, -0.2) is 21.8 Å². The number of alkyl halides is 3. The maximum atomic E-state index is 12.7. The fourth-order valence-corrected chi connectivity index (χ4v) is 2.66. The summed E-state index contributed by atoms with van der Waals surface area (Å²) in [4.78, 5) is 12.2. The average molecular weight is 403 g/mol. The molecular weight excluding hydrogens is 383 g/mol. The standard InChI is InChI=1S/C21H20F3N3O2/c1-14-4-3-5-18(12-14)29-15(2)20(28)25-13-16-6-8-17(9-7-16)27-11-10-19(26-27)21(22,23)24/h3-12,15H,13H2,1-2H3,(H,25,28). The first kappa shape index (κ1) is 20.4. The summed E-state index contributed by atoms with van der Waals surface area (Å²) < 4.78 is 44.8. The van der Waals surface area contributed by atoms with Crippen molar-refractivity contribution in [1.29, 1.82) is 0 Å². The quantitative estimate of drug-likeness (QED) is 0.668. The van der Waals surface area contributed by atoms with Crippen molar-refractivity contribution in [2.45, 2.75) is 32.7 Å². The lowest BCUT2D eigenvalue weighted by Crippen LogP contribution is -2.35. The first-order valence-corrected chi connectivity index (χ1v) is 8.95. The molecule has 1 aromatic heterocycles. The van der Waals surface area contributed by atoms with Crippen molar-refractivity contribution in [3.05, 3.63) is 77.6 Å². The normalized spacial score (nSPS) is 12.4. The molecule has 0 saturated heterocycles. The molecule has 0 saturated carbocycles. The second-order valence-electron chi connectivity index (χ2n) is 6.60. The maximum absolute atomic E-state index is 12.7. The van der Waals surface area contributed by atoms with Gasteiger partial charge >= 0.3 is 6.18 Å². The van der Waals surface area contributed by atoms with E-state index in [1.54, 1.807) is 37.3 Å². The van der Waals surface area contributed by atoms with E-state index in [0.717, 1.165) is 21.9 Å². The van der Waals surface area contributed by atoms with Crippen molar-refractivity contribution in [2.75, 3.05) is 0 Å². The van der Waals surface area contributed by atoms with Crippen molar-refractivity contribution in [1.82, 2.24) is 15.1 Å². The Morgan fingerprint density at radius 1 is 1.17 bits per heavy atom. The summed E-state index contributed by atoms with van der Waals surface area (Å²) in [5, 5.41) is 6.31. The summed E-state index contributed by atoms with van der Waals surface area (Å²) in [6.45, 7) is 3.87. The van der Waals surface area contributed by atoms with Gasteiger partial charge in [0.25, 0.3) is 5.91 Å². The van der Waals surface area contributed by atoms with Crippen molar-refractivity contribution in [3.63, 3.8) is 0 Å². The van der Waals surface area contributed by atoms with E-state index in [1.807, 2.05) is 25.1 Å². The van der Waals surface area contributed by atoms with Crippen LogP contribution in [0, 0.1) is 6.92 Å². The Labute approximate surface area is 166 Å². The van der Waals surface area contributed by atoms with E-state index < -0.39 is 18.0 Å². The van der Waals surface area contributed by atoms with Crippen molar-refractivity contribution < 1.29 is 22.7 Å². The Morgan fingerprint density at radius 3 is 2.52 bits per heavy atom. The highest BCUT2D eigenvalue weighted by atomic mass is 19.4. The average Bonchev–Trinajstić information content (AvgIpc) is 3.17. The first-order valence-electron chi connectivity index (χ1n) is 8.95. The van der Waals surface area contributed by atoms with Crippen molar-refractivity contribution in [3.8, 4) is 11.4 Å². The van der Waals surface area contributed by atoms with E-state index >= 15 is 0 Å². The van der Waals surface area contributed by atoms with Gasteiger partial charge in [0.2, 0.25) is 0 Å². The molecule has 1 heterocycles. The molecule has 8 heteroatoms. The number of halogens is 3. The van der Waals surface area contributed by atoms with Crippen LogP contribution < -0.4 is 10.1 Å². The zero-order chi connectivity index (χ0) is 21.0. The number of aromatic nitrogens is 2. The van der Waals surface area contributed by atoms with Crippen LogP contribution in [-0.2, 0) is 17.5 Å². The van der Waals surface area contributed by atoms with Gasteiger partial charge in [-0.15, -0.1) is 0 Å². The Balaban J connectivity index is 1.55. The molecule has 0 radical (unpaired) electrons. The topological polar surface area (TPSA) is 56.1 Å². The molecule has 29 heavy (non-hydrogen) atoms. The molecule has 3 aromatic rings. The summed E-state index contributed by atoms with van der Waals surface area (Å²) >= 11 is 0. The molecule has 1 unspecified atom stereocenters. The molecule has 0 aliphatic carbocycles. The van der Waals surface area contributed by atoms with Crippen LogP contribution in [0.4, 0.5) is 13.2 Å². The molecule has 0 fully saturated rings.